The zero-order valence-electron chi connectivity index (χ0n) is 9.92. The minimum atomic E-state index is 0.00773. The lowest BCUT2D eigenvalue weighted by Gasteiger charge is -2.06. The average molecular weight is 204 g/mol. The number of carbonyl (C=O) groups is 1. The highest BCUT2D eigenvalue weighted by molar-refractivity contribution is 5.64. The predicted octanol–water partition coefficient (Wildman–Crippen LogP) is 3.54. The van der Waals surface area contributed by atoms with Crippen molar-refractivity contribution < 1.29 is 4.79 Å². The average Bonchev–Trinajstić information content (AvgIpc) is 3.02. The fourth-order valence-electron chi connectivity index (χ4n) is 1.73. The maximum atomic E-state index is 10.8. The Morgan fingerprint density at radius 1 is 1.33 bits per heavy atom. The van der Waals surface area contributed by atoms with Crippen LogP contribution in [0.4, 0.5) is 0 Å². The summed E-state index contributed by atoms with van der Waals surface area (Å²) in [6.45, 7) is 6.09. The molecule has 1 saturated carbocycles. The summed E-state index contributed by atoms with van der Waals surface area (Å²) in [5.74, 6) is 0. The van der Waals surface area contributed by atoms with E-state index in [1.165, 1.54) is 11.1 Å². The molecule has 15 heavy (non-hydrogen) atoms. The number of hydrogen-bond donors (Lipinski definition) is 0. The van der Waals surface area contributed by atoms with Gasteiger partial charge in [-0.1, -0.05) is 43.7 Å². The quantitative estimate of drug-likeness (QED) is 0.688. The van der Waals surface area contributed by atoms with Gasteiger partial charge in [0.2, 0.25) is 0 Å². The van der Waals surface area contributed by atoms with E-state index in [1.807, 2.05) is 13.8 Å². The number of aldehydes is 1. The topological polar surface area (TPSA) is 17.1 Å². The van der Waals surface area contributed by atoms with E-state index in [-0.39, 0.29) is 5.41 Å². The van der Waals surface area contributed by atoms with Crippen molar-refractivity contribution >= 4 is 6.29 Å². The van der Waals surface area contributed by atoms with Crippen molar-refractivity contribution in [3.63, 3.8) is 0 Å². The fourth-order valence-corrected chi connectivity index (χ4v) is 1.73. The second-order valence-electron chi connectivity index (χ2n) is 4.15. The zero-order chi connectivity index (χ0) is 11.3. The molecule has 1 nitrogen and oxygen atoms in total. The van der Waals surface area contributed by atoms with Crippen LogP contribution in [0.2, 0.25) is 0 Å². The van der Waals surface area contributed by atoms with Crippen LogP contribution in [0, 0.1) is 12.3 Å². The molecule has 1 heteroatoms. The normalized spacial score (nSPS) is 16.2. The first-order valence-electron chi connectivity index (χ1n) is 5.76. The molecule has 0 atom stereocenters. The maximum Gasteiger partial charge on any atom is 0.126 e. The van der Waals surface area contributed by atoms with E-state index in [4.69, 9.17) is 0 Å². The summed E-state index contributed by atoms with van der Waals surface area (Å²) >= 11 is 0. The molecule has 0 amide bonds. The van der Waals surface area contributed by atoms with Crippen LogP contribution in [-0.4, -0.2) is 6.29 Å². The molecule has 0 bridgehead atoms. The molecular formula is C14H20O. The Kier molecular flexibility index (Phi) is 4.07. The standard InChI is InChI=1S/C12H14O.C2H6/c1-10-3-2-4-11(7-10)8-12(9-13)5-6-12;1-2/h2-4,7,9H,5-6,8H2,1H3;1-2H3. The van der Waals surface area contributed by atoms with E-state index >= 15 is 0 Å². The minimum Gasteiger partial charge on any atom is -0.303 e. The summed E-state index contributed by atoms with van der Waals surface area (Å²) in [7, 11) is 0. The molecule has 82 valence electrons. The van der Waals surface area contributed by atoms with Crippen molar-refractivity contribution in [1.82, 2.24) is 0 Å². The molecule has 1 aromatic carbocycles. The van der Waals surface area contributed by atoms with E-state index in [0.717, 1.165) is 25.5 Å². The molecule has 0 heterocycles. The number of carbonyl (C=O) groups excluding carboxylic acids is 1. The first kappa shape index (κ1) is 12.0. The van der Waals surface area contributed by atoms with Crippen molar-refractivity contribution in [3.8, 4) is 0 Å². The number of rotatable bonds is 3. The fraction of sp³-hybridized carbons (Fsp3) is 0.500. The molecule has 0 aliphatic heterocycles. The SMILES string of the molecule is CC.Cc1cccc(CC2(C=O)CC2)c1. The Hall–Kier alpha value is -1.11. The third kappa shape index (κ3) is 3.19. The summed E-state index contributed by atoms with van der Waals surface area (Å²) in [4.78, 5) is 10.8. The molecule has 0 saturated heterocycles. The largest absolute Gasteiger partial charge is 0.303 e. The molecule has 0 spiro atoms. The molecule has 1 fully saturated rings. The monoisotopic (exact) mass is 204 g/mol. The minimum absolute atomic E-state index is 0.00773. The van der Waals surface area contributed by atoms with Gasteiger partial charge in [0.05, 0.1) is 0 Å². The van der Waals surface area contributed by atoms with Gasteiger partial charge in [0.15, 0.2) is 0 Å². The summed E-state index contributed by atoms with van der Waals surface area (Å²) in [5, 5.41) is 0. The number of benzene rings is 1. The van der Waals surface area contributed by atoms with Gasteiger partial charge in [0, 0.05) is 5.41 Å². The summed E-state index contributed by atoms with van der Waals surface area (Å²) < 4.78 is 0. The van der Waals surface area contributed by atoms with Crippen molar-refractivity contribution in [2.45, 2.75) is 40.0 Å². The smallest absolute Gasteiger partial charge is 0.126 e. The first-order chi connectivity index (χ1) is 7.24. The molecule has 1 aromatic rings. The third-order valence-corrected chi connectivity index (χ3v) is 2.78. The Balaban J connectivity index is 0.000000531. The van der Waals surface area contributed by atoms with Gasteiger partial charge >= 0.3 is 0 Å². The lowest BCUT2D eigenvalue weighted by Crippen LogP contribution is -2.05. The van der Waals surface area contributed by atoms with E-state index in [9.17, 15) is 4.79 Å². The van der Waals surface area contributed by atoms with Gasteiger partial charge < -0.3 is 4.79 Å². The zero-order valence-corrected chi connectivity index (χ0v) is 9.92. The van der Waals surface area contributed by atoms with Crippen LogP contribution >= 0.6 is 0 Å². The second kappa shape index (κ2) is 5.11. The van der Waals surface area contributed by atoms with Crippen molar-refractivity contribution in [2.75, 3.05) is 0 Å². The molecule has 2 rings (SSSR count). The number of hydrogen-bond acceptors (Lipinski definition) is 1. The van der Waals surface area contributed by atoms with Crippen LogP contribution in [0.5, 0.6) is 0 Å². The van der Waals surface area contributed by atoms with Gasteiger partial charge in [0.25, 0.3) is 0 Å². The van der Waals surface area contributed by atoms with Gasteiger partial charge in [-0.25, -0.2) is 0 Å². The van der Waals surface area contributed by atoms with E-state index in [2.05, 4.69) is 31.2 Å². The van der Waals surface area contributed by atoms with Crippen LogP contribution < -0.4 is 0 Å². The Morgan fingerprint density at radius 3 is 2.47 bits per heavy atom. The highest BCUT2D eigenvalue weighted by Gasteiger charge is 2.42. The lowest BCUT2D eigenvalue weighted by molar-refractivity contribution is -0.112. The molecule has 1 aliphatic rings. The van der Waals surface area contributed by atoms with Crippen molar-refractivity contribution in [2.24, 2.45) is 5.41 Å². The predicted molar refractivity (Wildman–Crippen MR) is 64.0 cm³/mol. The number of aryl methyl sites for hydroxylation is 1. The molecule has 1 aliphatic carbocycles. The van der Waals surface area contributed by atoms with Crippen LogP contribution in [0.1, 0.15) is 37.8 Å². The van der Waals surface area contributed by atoms with E-state index in [1.54, 1.807) is 0 Å². The summed E-state index contributed by atoms with van der Waals surface area (Å²) in [5.41, 5.74) is 2.58. The Bertz CT molecular complexity index is 324. The maximum absolute atomic E-state index is 10.8. The van der Waals surface area contributed by atoms with Gasteiger partial charge in [-0.05, 0) is 31.7 Å². The van der Waals surface area contributed by atoms with Crippen LogP contribution in [0.15, 0.2) is 24.3 Å². The Morgan fingerprint density at radius 2 is 2.00 bits per heavy atom. The molecular weight excluding hydrogens is 184 g/mol. The van der Waals surface area contributed by atoms with E-state index < -0.39 is 0 Å². The van der Waals surface area contributed by atoms with Crippen molar-refractivity contribution in [1.29, 1.82) is 0 Å². The molecule has 0 aromatic heterocycles. The third-order valence-electron chi connectivity index (χ3n) is 2.78. The van der Waals surface area contributed by atoms with Gasteiger partial charge in [-0.15, -0.1) is 0 Å². The lowest BCUT2D eigenvalue weighted by atomic mass is 9.97. The Labute approximate surface area is 92.5 Å². The van der Waals surface area contributed by atoms with Gasteiger partial charge in [-0.3, -0.25) is 0 Å². The summed E-state index contributed by atoms with van der Waals surface area (Å²) in [6, 6.07) is 8.43. The molecule has 0 unspecified atom stereocenters. The van der Waals surface area contributed by atoms with Crippen molar-refractivity contribution in [3.05, 3.63) is 35.4 Å². The highest BCUT2D eigenvalue weighted by Crippen LogP contribution is 2.46. The van der Waals surface area contributed by atoms with Crippen LogP contribution in [0.3, 0.4) is 0 Å². The highest BCUT2D eigenvalue weighted by atomic mass is 16.1. The molecule has 0 N–H and O–H groups in total. The van der Waals surface area contributed by atoms with Gasteiger partial charge in [-0.2, -0.15) is 0 Å². The summed E-state index contributed by atoms with van der Waals surface area (Å²) in [6.07, 6.45) is 4.21. The first-order valence-corrected chi connectivity index (χ1v) is 5.76. The van der Waals surface area contributed by atoms with Crippen LogP contribution in [0.25, 0.3) is 0 Å². The second-order valence-corrected chi connectivity index (χ2v) is 4.15. The molecule has 0 radical (unpaired) electrons. The van der Waals surface area contributed by atoms with E-state index in [0.29, 0.717) is 0 Å². The van der Waals surface area contributed by atoms with Crippen LogP contribution in [-0.2, 0) is 11.2 Å². The van der Waals surface area contributed by atoms with Gasteiger partial charge in [0.1, 0.15) is 6.29 Å².